The molecule has 4 heteroatoms. The summed E-state index contributed by atoms with van der Waals surface area (Å²) in [6.07, 6.45) is 8.03. The smallest absolute Gasteiger partial charge is 0.130 e. The van der Waals surface area contributed by atoms with Gasteiger partial charge in [0.15, 0.2) is 0 Å². The summed E-state index contributed by atoms with van der Waals surface area (Å²) in [6, 6.07) is 0. The summed E-state index contributed by atoms with van der Waals surface area (Å²) >= 11 is 0. The molecular weight excluding hydrogens is 190 g/mol. The molecule has 4 nitrogen and oxygen atoms in total. The fourth-order valence-corrected chi connectivity index (χ4v) is 1.79. The van der Waals surface area contributed by atoms with Crippen molar-refractivity contribution in [3.63, 3.8) is 0 Å². The molecule has 0 saturated carbocycles. The Balaban J connectivity index is 1.91. The Morgan fingerprint density at radius 1 is 1.40 bits per heavy atom. The first kappa shape index (κ1) is 10.5. The standard InChI is InChI=1S/C11H17N3O/c12-4-3-9-7-13-11(14-8-9)6-10-2-1-5-15-10/h7-8,10H,1-6,12H2. The van der Waals surface area contributed by atoms with Gasteiger partial charge in [0, 0.05) is 25.4 Å². The Hall–Kier alpha value is -1.00. The molecular formula is C11H17N3O. The van der Waals surface area contributed by atoms with Crippen molar-refractivity contribution in [3.8, 4) is 0 Å². The molecule has 0 spiro atoms. The third-order valence-electron chi connectivity index (χ3n) is 2.63. The van der Waals surface area contributed by atoms with Crippen LogP contribution in [-0.2, 0) is 17.6 Å². The average Bonchev–Trinajstić information content (AvgIpc) is 2.74. The average molecular weight is 207 g/mol. The first-order valence-corrected chi connectivity index (χ1v) is 5.50. The third kappa shape index (κ3) is 2.97. The Kier molecular flexibility index (Phi) is 3.64. The summed E-state index contributed by atoms with van der Waals surface area (Å²) in [5.74, 6) is 0.877. The van der Waals surface area contributed by atoms with Crippen LogP contribution in [0.1, 0.15) is 24.2 Å². The maximum absolute atomic E-state index is 5.53. The second-order valence-electron chi connectivity index (χ2n) is 3.89. The van der Waals surface area contributed by atoms with Crippen molar-refractivity contribution in [1.29, 1.82) is 0 Å². The molecule has 1 aromatic heterocycles. The predicted molar refractivity (Wildman–Crippen MR) is 57.5 cm³/mol. The van der Waals surface area contributed by atoms with Crippen LogP contribution in [0.2, 0.25) is 0 Å². The van der Waals surface area contributed by atoms with Gasteiger partial charge in [0.25, 0.3) is 0 Å². The molecule has 2 rings (SSSR count). The van der Waals surface area contributed by atoms with Crippen LogP contribution in [0.25, 0.3) is 0 Å². The van der Waals surface area contributed by atoms with E-state index in [9.17, 15) is 0 Å². The Labute approximate surface area is 89.9 Å². The number of hydrogen-bond acceptors (Lipinski definition) is 4. The third-order valence-corrected chi connectivity index (χ3v) is 2.63. The predicted octanol–water partition coefficient (Wildman–Crippen LogP) is 0.699. The molecule has 1 unspecified atom stereocenters. The fraction of sp³-hybridized carbons (Fsp3) is 0.636. The lowest BCUT2D eigenvalue weighted by molar-refractivity contribution is 0.110. The monoisotopic (exact) mass is 207 g/mol. The largest absolute Gasteiger partial charge is 0.378 e. The van der Waals surface area contributed by atoms with Crippen molar-refractivity contribution in [3.05, 3.63) is 23.8 Å². The molecule has 1 aliphatic rings. The Morgan fingerprint density at radius 3 is 2.80 bits per heavy atom. The highest BCUT2D eigenvalue weighted by molar-refractivity contribution is 5.06. The van der Waals surface area contributed by atoms with Crippen molar-refractivity contribution in [1.82, 2.24) is 9.97 Å². The molecule has 2 N–H and O–H groups in total. The summed E-state index contributed by atoms with van der Waals surface area (Å²) < 4.78 is 5.53. The van der Waals surface area contributed by atoms with E-state index in [2.05, 4.69) is 9.97 Å². The van der Waals surface area contributed by atoms with Crippen LogP contribution in [0.15, 0.2) is 12.4 Å². The quantitative estimate of drug-likeness (QED) is 0.789. The van der Waals surface area contributed by atoms with E-state index in [0.29, 0.717) is 12.6 Å². The molecule has 0 bridgehead atoms. The summed E-state index contributed by atoms with van der Waals surface area (Å²) in [7, 11) is 0. The van der Waals surface area contributed by atoms with Crippen molar-refractivity contribution >= 4 is 0 Å². The van der Waals surface area contributed by atoms with Gasteiger partial charge in [0.1, 0.15) is 5.82 Å². The first-order valence-electron chi connectivity index (χ1n) is 5.50. The second-order valence-corrected chi connectivity index (χ2v) is 3.89. The Morgan fingerprint density at radius 2 is 2.20 bits per heavy atom. The van der Waals surface area contributed by atoms with E-state index < -0.39 is 0 Å². The van der Waals surface area contributed by atoms with E-state index >= 15 is 0 Å². The summed E-state index contributed by atoms with van der Waals surface area (Å²) in [6.45, 7) is 1.53. The molecule has 1 atom stereocenters. The van der Waals surface area contributed by atoms with Crippen molar-refractivity contribution in [2.24, 2.45) is 5.73 Å². The number of nitrogens with two attached hydrogens (primary N) is 1. The summed E-state index contributed by atoms with van der Waals surface area (Å²) in [5, 5.41) is 0. The lowest BCUT2D eigenvalue weighted by atomic mass is 10.1. The van der Waals surface area contributed by atoms with Gasteiger partial charge in [-0.3, -0.25) is 0 Å². The fourth-order valence-electron chi connectivity index (χ4n) is 1.79. The number of aromatic nitrogens is 2. The van der Waals surface area contributed by atoms with E-state index in [1.54, 1.807) is 0 Å². The molecule has 0 radical (unpaired) electrons. The minimum Gasteiger partial charge on any atom is -0.378 e. The van der Waals surface area contributed by atoms with Crippen LogP contribution in [0, 0.1) is 0 Å². The molecule has 1 aromatic rings. The second kappa shape index (κ2) is 5.19. The summed E-state index contributed by atoms with van der Waals surface area (Å²) in [5.41, 5.74) is 6.56. The van der Waals surface area contributed by atoms with Gasteiger partial charge in [-0.25, -0.2) is 9.97 Å². The van der Waals surface area contributed by atoms with Crippen LogP contribution in [-0.4, -0.2) is 29.2 Å². The normalized spacial score (nSPS) is 20.7. The van der Waals surface area contributed by atoms with Crippen LogP contribution >= 0.6 is 0 Å². The number of nitrogens with zero attached hydrogens (tertiary/aromatic N) is 2. The molecule has 2 heterocycles. The van der Waals surface area contributed by atoms with Crippen molar-refractivity contribution < 1.29 is 4.74 Å². The van der Waals surface area contributed by atoms with Gasteiger partial charge in [0.2, 0.25) is 0 Å². The highest BCUT2D eigenvalue weighted by Crippen LogP contribution is 2.15. The number of ether oxygens (including phenoxy) is 1. The number of hydrogen-bond donors (Lipinski definition) is 1. The molecule has 1 fully saturated rings. The molecule has 0 aliphatic carbocycles. The molecule has 15 heavy (non-hydrogen) atoms. The van der Waals surface area contributed by atoms with Crippen LogP contribution in [0.5, 0.6) is 0 Å². The van der Waals surface area contributed by atoms with Gasteiger partial charge in [-0.1, -0.05) is 0 Å². The van der Waals surface area contributed by atoms with E-state index in [4.69, 9.17) is 10.5 Å². The molecule has 82 valence electrons. The van der Waals surface area contributed by atoms with Gasteiger partial charge >= 0.3 is 0 Å². The maximum atomic E-state index is 5.53. The maximum Gasteiger partial charge on any atom is 0.130 e. The zero-order chi connectivity index (χ0) is 10.5. The van der Waals surface area contributed by atoms with E-state index in [1.165, 1.54) is 0 Å². The van der Waals surface area contributed by atoms with Crippen LogP contribution in [0.3, 0.4) is 0 Å². The SMILES string of the molecule is NCCc1cnc(CC2CCCO2)nc1. The van der Waals surface area contributed by atoms with Gasteiger partial charge < -0.3 is 10.5 Å². The van der Waals surface area contributed by atoms with Crippen LogP contribution in [0.4, 0.5) is 0 Å². The zero-order valence-corrected chi connectivity index (χ0v) is 8.85. The lowest BCUT2D eigenvalue weighted by Gasteiger charge is -2.07. The molecule has 0 amide bonds. The van der Waals surface area contributed by atoms with Gasteiger partial charge in [-0.2, -0.15) is 0 Å². The zero-order valence-electron chi connectivity index (χ0n) is 8.85. The van der Waals surface area contributed by atoms with E-state index in [-0.39, 0.29) is 0 Å². The molecule has 1 aliphatic heterocycles. The Bertz CT molecular complexity index is 293. The minimum absolute atomic E-state index is 0.324. The molecule has 0 aromatic carbocycles. The number of rotatable bonds is 4. The van der Waals surface area contributed by atoms with Gasteiger partial charge in [-0.05, 0) is 31.4 Å². The minimum atomic E-state index is 0.324. The molecule has 1 saturated heterocycles. The van der Waals surface area contributed by atoms with E-state index in [1.807, 2.05) is 12.4 Å². The van der Waals surface area contributed by atoms with Crippen molar-refractivity contribution in [2.45, 2.75) is 31.8 Å². The lowest BCUT2D eigenvalue weighted by Crippen LogP contribution is -2.12. The highest BCUT2D eigenvalue weighted by Gasteiger charge is 2.16. The van der Waals surface area contributed by atoms with E-state index in [0.717, 1.165) is 43.7 Å². The summed E-state index contributed by atoms with van der Waals surface area (Å²) in [4.78, 5) is 8.63. The topological polar surface area (TPSA) is 61.0 Å². The van der Waals surface area contributed by atoms with Gasteiger partial charge in [-0.15, -0.1) is 0 Å². The first-order chi connectivity index (χ1) is 7.38. The van der Waals surface area contributed by atoms with Gasteiger partial charge in [0.05, 0.1) is 6.10 Å². The van der Waals surface area contributed by atoms with Crippen LogP contribution < -0.4 is 5.73 Å². The highest BCUT2D eigenvalue weighted by atomic mass is 16.5. The van der Waals surface area contributed by atoms with Crippen molar-refractivity contribution in [2.75, 3.05) is 13.2 Å².